The van der Waals surface area contributed by atoms with E-state index in [-0.39, 0.29) is 6.04 Å². The van der Waals surface area contributed by atoms with Gasteiger partial charge >= 0.3 is 0 Å². The summed E-state index contributed by atoms with van der Waals surface area (Å²) in [4.78, 5) is 4.02. The Balaban J connectivity index is 2.01. The lowest BCUT2D eigenvalue weighted by atomic mass is 9.97. The van der Waals surface area contributed by atoms with Crippen molar-refractivity contribution in [1.29, 1.82) is 0 Å². The van der Waals surface area contributed by atoms with Crippen molar-refractivity contribution in [2.45, 2.75) is 32.7 Å². The molecular formula is C16H20N2. The van der Waals surface area contributed by atoms with Crippen LogP contribution in [-0.4, -0.2) is 4.98 Å². The van der Waals surface area contributed by atoms with E-state index in [1.165, 1.54) is 22.3 Å². The van der Waals surface area contributed by atoms with E-state index in [1.807, 2.05) is 24.5 Å². The first kappa shape index (κ1) is 12.8. The van der Waals surface area contributed by atoms with E-state index >= 15 is 0 Å². The van der Waals surface area contributed by atoms with Crippen LogP contribution in [0.1, 0.15) is 34.7 Å². The van der Waals surface area contributed by atoms with Gasteiger partial charge < -0.3 is 5.73 Å². The maximum Gasteiger partial charge on any atom is 0.0298 e. The summed E-state index contributed by atoms with van der Waals surface area (Å²) in [7, 11) is 0. The van der Waals surface area contributed by atoms with Gasteiger partial charge in [-0.15, -0.1) is 0 Å². The number of benzene rings is 1. The monoisotopic (exact) mass is 240 g/mol. The Kier molecular flexibility index (Phi) is 4.11. The van der Waals surface area contributed by atoms with E-state index in [0.717, 1.165) is 12.8 Å². The van der Waals surface area contributed by atoms with Crippen LogP contribution >= 0.6 is 0 Å². The highest BCUT2D eigenvalue weighted by Crippen LogP contribution is 2.19. The van der Waals surface area contributed by atoms with Crippen molar-refractivity contribution in [2.75, 3.05) is 0 Å². The fourth-order valence-corrected chi connectivity index (χ4v) is 2.26. The van der Waals surface area contributed by atoms with Crippen molar-refractivity contribution in [3.8, 4) is 0 Å². The Hall–Kier alpha value is -1.67. The minimum atomic E-state index is 0.108. The molecule has 0 amide bonds. The molecule has 2 N–H and O–H groups in total. The predicted octanol–water partition coefficient (Wildman–Crippen LogP) is 3.33. The van der Waals surface area contributed by atoms with Gasteiger partial charge in [0.25, 0.3) is 0 Å². The molecule has 0 aliphatic heterocycles. The van der Waals surface area contributed by atoms with Crippen LogP contribution in [0.5, 0.6) is 0 Å². The second kappa shape index (κ2) is 5.78. The fourth-order valence-electron chi connectivity index (χ4n) is 2.26. The summed E-state index contributed by atoms with van der Waals surface area (Å²) < 4.78 is 0. The van der Waals surface area contributed by atoms with Gasteiger partial charge in [-0.1, -0.05) is 29.3 Å². The summed E-state index contributed by atoms with van der Waals surface area (Å²) in [6.07, 6.45) is 5.62. The number of hydrogen-bond acceptors (Lipinski definition) is 2. The largest absolute Gasteiger partial charge is 0.324 e. The second-order valence-corrected chi connectivity index (χ2v) is 4.92. The van der Waals surface area contributed by atoms with Crippen LogP contribution < -0.4 is 5.73 Å². The molecule has 1 unspecified atom stereocenters. The third kappa shape index (κ3) is 3.41. The molecule has 2 heteroatoms. The summed E-state index contributed by atoms with van der Waals surface area (Å²) in [6.45, 7) is 4.23. The van der Waals surface area contributed by atoms with Crippen LogP contribution in [0.2, 0.25) is 0 Å². The molecular weight excluding hydrogens is 220 g/mol. The Labute approximate surface area is 109 Å². The number of aryl methyl sites for hydroxylation is 3. The maximum absolute atomic E-state index is 6.26. The smallest absolute Gasteiger partial charge is 0.0298 e. The second-order valence-electron chi connectivity index (χ2n) is 4.92. The van der Waals surface area contributed by atoms with Gasteiger partial charge in [-0.3, -0.25) is 4.98 Å². The first-order valence-corrected chi connectivity index (χ1v) is 6.38. The Bertz CT molecular complexity index is 486. The molecule has 0 radical (unpaired) electrons. The van der Waals surface area contributed by atoms with Crippen LogP contribution in [0, 0.1) is 13.8 Å². The number of pyridine rings is 1. The van der Waals surface area contributed by atoms with Crippen molar-refractivity contribution >= 4 is 0 Å². The minimum absolute atomic E-state index is 0.108. The van der Waals surface area contributed by atoms with Crippen molar-refractivity contribution in [1.82, 2.24) is 4.98 Å². The number of rotatable bonds is 4. The van der Waals surface area contributed by atoms with E-state index in [4.69, 9.17) is 5.73 Å². The van der Waals surface area contributed by atoms with E-state index in [0.29, 0.717) is 0 Å². The zero-order valence-corrected chi connectivity index (χ0v) is 11.1. The molecule has 94 valence electrons. The number of hydrogen-bond donors (Lipinski definition) is 1. The lowest BCUT2D eigenvalue weighted by molar-refractivity contribution is 0.650. The van der Waals surface area contributed by atoms with Crippen LogP contribution in [-0.2, 0) is 6.42 Å². The van der Waals surface area contributed by atoms with Gasteiger partial charge in [0.2, 0.25) is 0 Å². The first-order chi connectivity index (χ1) is 8.65. The van der Waals surface area contributed by atoms with Crippen LogP contribution in [0.15, 0.2) is 42.7 Å². The lowest BCUT2D eigenvalue weighted by Crippen LogP contribution is -2.11. The minimum Gasteiger partial charge on any atom is -0.324 e. The molecule has 0 saturated heterocycles. The van der Waals surface area contributed by atoms with E-state index in [1.54, 1.807) is 0 Å². The molecule has 2 nitrogen and oxygen atoms in total. The van der Waals surface area contributed by atoms with Crippen molar-refractivity contribution in [3.63, 3.8) is 0 Å². The molecule has 0 aliphatic carbocycles. The molecule has 0 fully saturated rings. The average Bonchev–Trinajstić information content (AvgIpc) is 2.36. The van der Waals surface area contributed by atoms with Gasteiger partial charge in [0, 0.05) is 18.4 Å². The Morgan fingerprint density at radius 1 is 1.06 bits per heavy atom. The highest BCUT2D eigenvalue weighted by molar-refractivity contribution is 5.30. The number of nitrogens with zero attached hydrogens (tertiary/aromatic N) is 1. The first-order valence-electron chi connectivity index (χ1n) is 6.38. The molecule has 1 atom stereocenters. The topological polar surface area (TPSA) is 38.9 Å². The van der Waals surface area contributed by atoms with Crippen LogP contribution in [0.4, 0.5) is 0 Å². The van der Waals surface area contributed by atoms with Crippen molar-refractivity contribution < 1.29 is 0 Å². The lowest BCUT2D eigenvalue weighted by Gasteiger charge is -2.13. The van der Waals surface area contributed by atoms with E-state index in [9.17, 15) is 0 Å². The van der Waals surface area contributed by atoms with Gasteiger partial charge in [0.05, 0.1) is 0 Å². The SMILES string of the molecule is Cc1cc(C)cc(C(N)CCc2ccncc2)c1. The number of aromatic nitrogens is 1. The molecule has 0 saturated carbocycles. The molecule has 1 aromatic carbocycles. The maximum atomic E-state index is 6.26. The van der Waals surface area contributed by atoms with Gasteiger partial charge in [-0.25, -0.2) is 0 Å². The fraction of sp³-hybridized carbons (Fsp3) is 0.312. The van der Waals surface area contributed by atoms with Gasteiger partial charge in [0.15, 0.2) is 0 Å². The third-order valence-electron chi connectivity index (χ3n) is 3.17. The predicted molar refractivity (Wildman–Crippen MR) is 75.4 cm³/mol. The molecule has 18 heavy (non-hydrogen) atoms. The molecule has 0 spiro atoms. The Morgan fingerprint density at radius 2 is 1.67 bits per heavy atom. The van der Waals surface area contributed by atoms with Crippen molar-refractivity contribution in [2.24, 2.45) is 5.73 Å². The standard InChI is InChI=1S/C16H20N2/c1-12-9-13(2)11-15(10-12)16(17)4-3-14-5-7-18-8-6-14/h5-11,16H,3-4,17H2,1-2H3. The summed E-state index contributed by atoms with van der Waals surface area (Å²) in [5.74, 6) is 0. The molecule has 1 heterocycles. The van der Waals surface area contributed by atoms with Crippen LogP contribution in [0.25, 0.3) is 0 Å². The van der Waals surface area contributed by atoms with E-state index in [2.05, 4.69) is 37.0 Å². The third-order valence-corrected chi connectivity index (χ3v) is 3.17. The normalized spacial score (nSPS) is 12.4. The highest BCUT2D eigenvalue weighted by atomic mass is 14.6. The molecule has 0 bridgehead atoms. The van der Waals surface area contributed by atoms with E-state index < -0.39 is 0 Å². The van der Waals surface area contributed by atoms with Crippen molar-refractivity contribution in [3.05, 3.63) is 65.0 Å². The summed E-state index contributed by atoms with van der Waals surface area (Å²) in [6, 6.07) is 10.8. The zero-order chi connectivity index (χ0) is 13.0. The summed E-state index contributed by atoms with van der Waals surface area (Å²) in [5, 5.41) is 0. The average molecular weight is 240 g/mol. The van der Waals surface area contributed by atoms with Crippen LogP contribution in [0.3, 0.4) is 0 Å². The molecule has 1 aromatic heterocycles. The molecule has 0 aliphatic rings. The van der Waals surface area contributed by atoms with Gasteiger partial charge in [-0.05, 0) is 49.9 Å². The summed E-state index contributed by atoms with van der Waals surface area (Å²) >= 11 is 0. The molecule has 2 rings (SSSR count). The highest BCUT2D eigenvalue weighted by Gasteiger charge is 2.07. The zero-order valence-electron chi connectivity index (χ0n) is 11.1. The quantitative estimate of drug-likeness (QED) is 0.890. The summed E-state index contributed by atoms with van der Waals surface area (Å²) in [5.41, 5.74) is 11.4. The van der Waals surface area contributed by atoms with Gasteiger partial charge in [-0.2, -0.15) is 0 Å². The number of nitrogens with two attached hydrogens (primary N) is 1. The Morgan fingerprint density at radius 3 is 2.28 bits per heavy atom. The van der Waals surface area contributed by atoms with Gasteiger partial charge in [0.1, 0.15) is 0 Å². The molecule has 2 aromatic rings.